The number of carbonyl (C=O) groups excluding carboxylic acids is 2. The molecule has 2 aromatic carbocycles. The average molecular weight is 311 g/mol. The summed E-state index contributed by atoms with van der Waals surface area (Å²) in [6, 6.07) is 16.8. The predicted octanol–water partition coefficient (Wildman–Crippen LogP) is 3.11. The lowest BCUT2D eigenvalue weighted by Crippen LogP contribution is -2.29. The van der Waals surface area contributed by atoms with Crippen molar-refractivity contribution in [1.82, 2.24) is 0 Å². The summed E-state index contributed by atoms with van der Waals surface area (Å²) < 4.78 is 0. The van der Waals surface area contributed by atoms with Crippen molar-refractivity contribution < 1.29 is 9.59 Å². The highest BCUT2D eigenvalue weighted by atomic mass is 16.2. The minimum absolute atomic E-state index is 0.0359. The average Bonchev–Trinajstić information content (AvgIpc) is 2.57. The van der Waals surface area contributed by atoms with Crippen LogP contribution >= 0.6 is 0 Å². The van der Waals surface area contributed by atoms with Crippen LogP contribution in [0, 0.1) is 0 Å². The molecule has 5 heteroatoms. The fourth-order valence-corrected chi connectivity index (χ4v) is 2.08. The molecule has 0 radical (unpaired) electrons. The Kier molecular flexibility index (Phi) is 5.74. The van der Waals surface area contributed by atoms with Crippen LogP contribution in [0.5, 0.6) is 0 Å². The van der Waals surface area contributed by atoms with E-state index in [-0.39, 0.29) is 18.4 Å². The van der Waals surface area contributed by atoms with Crippen LogP contribution in [-0.2, 0) is 9.59 Å². The third kappa shape index (κ3) is 5.14. The van der Waals surface area contributed by atoms with Gasteiger partial charge in [-0.25, -0.2) is 0 Å². The lowest BCUT2D eigenvalue weighted by Gasteiger charge is -2.18. The number of amides is 2. The maximum absolute atomic E-state index is 12.1. The minimum atomic E-state index is -0.0957. The summed E-state index contributed by atoms with van der Waals surface area (Å²) in [6.45, 7) is 2.06. The molecule has 2 rings (SSSR count). The van der Waals surface area contributed by atoms with Crippen molar-refractivity contribution in [2.24, 2.45) is 0 Å². The van der Waals surface area contributed by atoms with Gasteiger partial charge in [0.15, 0.2) is 0 Å². The van der Waals surface area contributed by atoms with Crippen molar-refractivity contribution in [1.29, 1.82) is 0 Å². The van der Waals surface area contributed by atoms with Gasteiger partial charge in [0.1, 0.15) is 0 Å². The highest BCUT2D eigenvalue weighted by molar-refractivity contribution is 5.95. The van der Waals surface area contributed by atoms with Crippen molar-refractivity contribution in [3.05, 3.63) is 54.6 Å². The van der Waals surface area contributed by atoms with Crippen LogP contribution in [0.15, 0.2) is 54.6 Å². The first-order valence-electron chi connectivity index (χ1n) is 7.54. The first-order chi connectivity index (χ1) is 11.1. The van der Waals surface area contributed by atoms with Crippen LogP contribution in [0.25, 0.3) is 0 Å². The van der Waals surface area contributed by atoms with Gasteiger partial charge in [0.2, 0.25) is 11.8 Å². The molecule has 0 bridgehead atoms. The number of para-hydroxylation sites is 1. The highest BCUT2D eigenvalue weighted by Crippen LogP contribution is 2.15. The molecule has 0 spiro atoms. The number of likely N-dealkylation sites (N-methyl/N-ethyl adjacent to an activating group) is 1. The van der Waals surface area contributed by atoms with E-state index < -0.39 is 0 Å². The van der Waals surface area contributed by atoms with Crippen LogP contribution in [0.1, 0.15) is 13.3 Å². The molecule has 0 unspecified atom stereocenters. The second-order valence-electron chi connectivity index (χ2n) is 5.22. The Labute approximate surface area is 136 Å². The van der Waals surface area contributed by atoms with Gasteiger partial charge >= 0.3 is 0 Å². The Morgan fingerprint density at radius 1 is 0.870 bits per heavy atom. The van der Waals surface area contributed by atoms with Gasteiger partial charge in [0, 0.05) is 30.5 Å². The molecule has 2 N–H and O–H groups in total. The SMILES string of the molecule is CCC(=O)Nc1ccc(NC(=O)CN(C)c2ccccc2)cc1. The van der Waals surface area contributed by atoms with Crippen molar-refractivity contribution in [3.63, 3.8) is 0 Å². The molecule has 0 atom stereocenters. The molecule has 0 aliphatic rings. The summed E-state index contributed by atoms with van der Waals surface area (Å²) in [5.41, 5.74) is 2.41. The van der Waals surface area contributed by atoms with E-state index in [1.54, 1.807) is 31.2 Å². The van der Waals surface area contributed by atoms with E-state index in [0.29, 0.717) is 12.1 Å². The second-order valence-corrected chi connectivity index (χ2v) is 5.22. The minimum Gasteiger partial charge on any atom is -0.365 e. The molecule has 23 heavy (non-hydrogen) atoms. The number of nitrogens with zero attached hydrogens (tertiary/aromatic N) is 1. The summed E-state index contributed by atoms with van der Waals surface area (Å²) in [5.74, 6) is -0.132. The van der Waals surface area contributed by atoms with Crippen LogP contribution < -0.4 is 15.5 Å². The van der Waals surface area contributed by atoms with Crippen molar-refractivity contribution in [2.75, 3.05) is 29.1 Å². The van der Waals surface area contributed by atoms with Crippen LogP contribution in [-0.4, -0.2) is 25.4 Å². The van der Waals surface area contributed by atoms with Gasteiger partial charge in [-0.1, -0.05) is 25.1 Å². The lowest BCUT2D eigenvalue weighted by molar-refractivity contribution is -0.116. The molecule has 0 saturated carbocycles. The van der Waals surface area contributed by atoms with Gasteiger partial charge in [-0.05, 0) is 36.4 Å². The van der Waals surface area contributed by atoms with E-state index in [1.807, 2.05) is 42.3 Å². The van der Waals surface area contributed by atoms with E-state index in [4.69, 9.17) is 0 Å². The number of nitrogens with one attached hydrogen (secondary N) is 2. The maximum Gasteiger partial charge on any atom is 0.243 e. The zero-order chi connectivity index (χ0) is 16.7. The number of anilines is 3. The molecule has 120 valence electrons. The molecule has 0 aliphatic carbocycles. The van der Waals surface area contributed by atoms with Gasteiger partial charge in [-0.3, -0.25) is 9.59 Å². The van der Waals surface area contributed by atoms with Gasteiger partial charge in [-0.15, -0.1) is 0 Å². The Bertz CT molecular complexity index is 654. The van der Waals surface area contributed by atoms with Crippen molar-refractivity contribution in [2.45, 2.75) is 13.3 Å². The molecular weight excluding hydrogens is 290 g/mol. The molecule has 0 aromatic heterocycles. The molecule has 0 saturated heterocycles. The largest absolute Gasteiger partial charge is 0.365 e. The second kappa shape index (κ2) is 7.98. The van der Waals surface area contributed by atoms with Crippen LogP contribution in [0.2, 0.25) is 0 Å². The number of rotatable bonds is 6. The molecule has 2 aromatic rings. The quantitative estimate of drug-likeness (QED) is 0.861. The van der Waals surface area contributed by atoms with Gasteiger partial charge in [0.05, 0.1) is 6.54 Å². The standard InChI is InChI=1S/C18H21N3O2/c1-3-17(22)19-14-9-11-15(12-10-14)20-18(23)13-21(2)16-7-5-4-6-8-16/h4-12H,3,13H2,1-2H3,(H,19,22)(H,20,23). The van der Waals surface area contributed by atoms with Gasteiger partial charge in [-0.2, -0.15) is 0 Å². The molecule has 0 aliphatic heterocycles. The topological polar surface area (TPSA) is 61.4 Å². The number of hydrogen-bond donors (Lipinski definition) is 2. The summed E-state index contributed by atoms with van der Waals surface area (Å²) in [5, 5.41) is 5.61. The molecular formula is C18H21N3O2. The number of benzene rings is 2. The van der Waals surface area contributed by atoms with E-state index in [2.05, 4.69) is 10.6 Å². The summed E-state index contributed by atoms with van der Waals surface area (Å²) in [7, 11) is 1.87. The normalized spacial score (nSPS) is 10.0. The monoisotopic (exact) mass is 311 g/mol. The van der Waals surface area contributed by atoms with Gasteiger partial charge in [0.25, 0.3) is 0 Å². The molecule has 5 nitrogen and oxygen atoms in total. The molecule has 2 amide bonds. The van der Waals surface area contributed by atoms with E-state index >= 15 is 0 Å². The zero-order valence-corrected chi connectivity index (χ0v) is 13.4. The highest BCUT2D eigenvalue weighted by Gasteiger charge is 2.07. The Morgan fingerprint density at radius 2 is 1.39 bits per heavy atom. The lowest BCUT2D eigenvalue weighted by atomic mass is 10.2. The maximum atomic E-state index is 12.1. The number of hydrogen-bond acceptors (Lipinski definition) is 3. The fourth-order valence-electron chi connectivity index (χ4n) is 2.08. The molecule has 0 heterocycles. The summed E-state index contributed by atoms with van der Waals surface area (Å²) in [6.07, 6.45) is 0.435. The smallest absolute Gasteiger partial charge is 0.243 e. The number of carbonyl (C=O) groups is 2. The fraction of sp³-hybridized carbons (Fsp3) is 0.222. The zero-order valence-electron chi connectivity index (χ0n) is 13.4. The third-order valence-corrected chi connectivity index (χ3v) is 3.35. The van der Waals surface area contributed by atoms with Crippen LogP contribution in [0.4, 0.5) is 17.1 Å². The Hall–Kier alpha value is -2.82. The van der Waals surface area contributed by atoms with Crippen molar-refractivity contribution in [3.8, 4) is 0 Å². The summed E-state index contributed by atoms with van der Waals surface area (Å²) in [4.78, 5) is 25.3. The van der Waals surface area contributed by atoms with Crippen molar-refractivity contribution >= 4 is 28.9 Å². The molecule has 0 fully saturated rings. The summed E-state index contributed by atoms with van der Waals surface area (Å²) >= 11 is 0. The van der Waals surface area contributed by atoms with Crippen LogP contribution in [0.3, 0.4) is 0 Å². The van der Waals surface area contributed by atoms with E-state index in [0.717, 1.165) is 11.4 Å². The predicted molar refractivity (Wildman–Crippen MR) is 93.7 cm³/mol. The third-order valence-electron chi connectivity index (χ3n) is 3.35. The van der Waals surface area contributed by atoms with Gasteiger partial charge < -0.3 is 15.5 Å². The Morgan fingerprint density at radius 3 is 1.91 bits per heavy atom. The Balaban J connectivity index is 1.89. The first-order valence-corrected chi connectivity index (χ1v) is 7.54. The van der Waals surface area contributed by atoms with E-state index in [1.165, 1.54) is 0 Å². The first kappa shape index (κ1) is 16.5. The van der Waals surface area contributed by atoms with E-state index in [9.17, 15) is 9.59 Å².